The lowest BCUT2D eigenvalue weighted by atomic mass is 9.86. The molecule has 0 bridgehead atoms. The molecule has 0 spiro atoms. The number of hydrogen-bond acceptors (Lipinski definition) is 1. The van der Waals surface area contributed by atoms with E-state index in [1.807, 2.05) is 0 Å². The topological polar surface area (TPSA) is 20.2 Å². The fourth-order valence-electron chi connectivity index (χ4n) is 1.47. The van der Waals surface area contributed by atoms with Crippen LogP contribution in [0.2, 0.25) is 0 Å². The van der Waals surface area contributed by atoms with Gasteiger partial charge in [0, 0.05) is 5.88 Å². The molecule has 84 valence electrons. The monoisotopic (exact) mass is 226 g/mol. The van der Waals surface area contributed by atoms with Crippen molar-refractivity contribution in [3.63, 3.8) is 0 Å². The van der Waals surface area contributed by atoms with Crippen molar-refractivity contribution in [3.8, 4) is 0 Å². The molecule has 0 saturated heterocycles. The normalized spacial score (nSPS) is 13.9. The van der Waals surface area contributed by atoms with E-state index in [-0.39, 0.29) is 5.41 Å². The highest BCUT2D eigenvalue weighted by atomic mass is 35.5. The number of hydrogen-bond donors (Lipinski definition) is 1. The Morgan fingerprint density at radius 2 is 1.73 bits per heavy atom. The molecule has 1 aromatic carbocycles. The quantitative estimate of drug-likeness (QED) is 0.786. The van der Waals surface area contributed by atoms with Crippen LogP contribution in [0.4, 0.5) is 0 Å². The van der Waals surface area contributed by atoms with Crippen LogP contribution < -0.4 is 0 Å². The predicted octanol–water partition coefficient (Wildman–Crippen LogP) is 3.13. The molecule has 0 amide bonds. The van der Waals surface area contributed by atoms with E-state index in [0.29, 0.717) is 12.3 Å². The van der Waals surface area contributed by atoms with E-state index in [4.69, 9.17) is 11.6 Å². The molecule has 0 aromatic heterocycles. The molecule has 2 heteroatoms. The molecule has 0 aliphatic carbocycles. The number of rotatable bonds is 3. The van der Waals surface area contributed by atoms with E-state index < -0.39 is 6.10 Å². The summed E-state index contributed by atoms with van der Waals surface area (Å²) in [7, 11) is 0. The van der Waals surface area contributed by atoms with E-state index in [9.17, 15) is 5.11 Å². The molecule has 0 saturated carbocycles. The molecule has 1 nitrogen and oxygen atoms in total. The second-order valence-corrected chi connectivity index (χ2v) is 5.27. The minimum absolute atomic E-state index is 0.184. The molecule has 0 aliphatic heterocycles. The summed E-state index contributed by atoms with van der Waals surface area (Å²) in [5.74, 6) is 0.293. The highest BCUT2D eigenvalue weighted by molar-refractivity contribution is 6.18. The zero-order valence-electron chi connectivity index (χ0n) is 9.63. The van der Waals surface area contributed by atoms with Crippen LogP contribution in [0.5, 0.6) is 0 Å². The Balaban J connectivity index is 2.73. The van der Waals surface area contributed by atoms with Gasteiger partial charge in [0.1, 0.15) is 0 Å². The zero-order chi connectivity index (χ0) is 11.5. The average Bonchev–Trinajstić information content (AvgIpc) is 2.17. The number of halogens is 1. The third kappa shape index (κ3) is 3.84. The minimum atomic E-state index is -0.438. The lowest BCUT2D eigenvalue weighted by Gasteiger charge is -2.19. The molecule has 0 unspecified atom stereocenters. The highest BCUT2D eigenvalue weighted by Crippen LogP contribution is 2.22. The molecule has 0 fully saturated rings. The largest absolute Gasteiger partial charge is 0.392 e. The summed E-state index contributed by atoms with van der Waals surface area (Å²) in [5.41, 5.74) is 2.63. The van der Waals surface area contributed by atoms with Gasteiger partial charge in [0.2, 0.25) is 0 Å². The first-order valence-electron chi connectivity index (χ1n) is 5.27. The van der Waals surface area contributed by atoms with Gasteiger partial charge in [-0.05, 0) is 23.0 Å². The van der Waals surface area contributed by atoms with Crippen molar-refractivity contribution in [1.29, 1.82) is 0 Å². The molecule has 1 N–H and O–H groups in total. The van der Waals surface area contributed by atoms with E-state index in [0.717, 1.165) is 5.56 Å². The third-order valence-electron chi connectivity index (χ3n) is 2.47. The molecule has 0 heterocycles. The number of benzene rings is 1. The fourth-order valence-corrected chi connectivity index (χ4v) is 1.58. The van der Waals surface area contributed by atoms with Gasteiger partial charge in [-0.1, -0.05) is 45.0 Å². The van der Waals surface area contributed by atoms with Crippen molar-refractivity contribution in [2.24, 2.45) is 0 Å². The van der Waals surface area contributed by atoms with Gasteiger partial charge >= 0.3 is 0 Å². The molecule has 1 aromatic rings. The van der Waals surface area contributed by atoms with Crippen LogP contribution in [0.25, 0.3) is 0 Å². The van der Waals surface area contributed by atoms with Crippen LogP contribution in [-0.4, -0.2) is 17.1 Å². The van der Waals surface area contributed by atoms with E-state index >= 15 is 0 Å². The van der Waals surface area contributed by atoms with Crippen LogP contribution in [0.3, 0.4) is 0 Å². The Kier molecular flexibility index (Phi) is 4.18. The van der Waals surface area contributed by atoms with Gasteiger partial charge in [-0.15, -0.1) is 11.6 Å². The number of aliphatic hydroxyl groups is 1. The van der Waals surface area contributed by atoms with Crippen LogP contribution in [0, 0.1) is 0 Å². The molecule has 1 rings (SSSR count). The summed E-state index contributed by atoms with van der Waals surface area (Å²) in [4.78, 5) is 0. The van der Waals surface area contributed by atoms with Gasteiger partial charge < -0.3 is 5.11 Å². The Labute approximate surface area is 97.1 Å². The third-order valence-corrected chi connectivity index (χ3v) is 2.83. The van der Waals surface area contributed by atoms with E-state index in [1.54, 1.807) is 0 Å². The predicted molar refractivity (Wildman–Crippen MR) is 65.6 cm³/mol. The summed E-state index contributed by atoms with van der Waals surface area (Å²) in [5, 5.41) is 9.41. The van der Waals surface area contributed by atoms with Gasteiger partial charge in [-0.25, -0.2) is 0 Å². The first-order chi connectivity index (χ1) is 6.93. The molecule has 15 heavy (non-hydrogen) atoms. The zero-order valence-corrected chi connectivity index (χ0v) is 10.4. The maximum Gasteiger partial charge on any atom is 0.0715 e. The number of aliphatic hydroxyl groups excluding tert-OH is 1. The average molecular weight is 227 g/mol. The Morgan fingerprint density at radius 3 is 2.13 bits per heavy atom. The summed E-state index contributed by atoms with van der Waals surface area (Å²) < 4.78 is 0. The Hall–Kier alpha value is -0.530. The summed E-state index contributed by atoms with van der Waals surface area (Å²) in [6.45, 7) is 6.57. The molecular formula is C13H19ClO. The second kappa shape index (κ2) is 5.00. The standard InChI is InChI=1S/C13H19ClO/c1-13(2,3)11-6-4-10(5-7-11)8-12(15)9-14/h4-7,12,15H,8-9H2,1-3H3/t12-/m1/s1. The van der Waals surface area contributed by atoms with Gasteiger partial charge in [-0.3, -0.25) is 0 Å². The molecule has 0 aliphatic rings. The maximum atomic E-state index is 9.41. The van der Waals surface area contributed by atoms with Gasteiger partial charge in [-0.2, -0.15) is 0 Å². The Bertz CT molecular complexity index is 297. The van der Waals surface area contributed by atoms with E-state index in [2.05, 4.69) is 45.0 Å². The summed E-state index contributed by atoms with van der Waals surface area (Å²) >= 11 is 5.56. The summed E-state index contributed by atoms with van der Waals surface area (Å²) in [6, 6.07) is 8.37. The van der Waals surface area contributed by atoms with Crippen molar-refractivity contribution < 1.29 is 5.11 Å². The fraction of sp³-hybridized carbons (Fsp3) is 0.538. The lowest BCUT2D eigenvalue weighted by molar-refractivity contribution is 0.199. The highest BCUT2D eigenvalue weighted by Gasteiger charge is 2.13. The van der Waals surface area contributed by atoms with Gasteiger partial charge in [0.05, 0.1) is 6.10 Å². The van der Waals surface area contributed by atoms with Gasteiger partial charge in [0.15, 0.2) is 0 Å². The first kappa shape index (κ1) is 12.5. The van der Waals surface area contributed by atoms with Crippen molar-refractivity contribution in [2.75, 3.05) is 5.88 Å². The number of alkyl halides is 1. The van der Waals surface area contributed by atoms with Crippen LogP contribution in [0.1, 0.15) is 31.9 Å². The van der Waals surface area contributed by atoms with Gasteiger partial charge in [0.25, 0.3) is 0 Å². The van der Waals surface area contributed by atoms with E-state index in [1.165, 1.54) is 5.56 Å². The maximum absolute atomic E-state index is 9.41. The van der Waals surface area contributed by atoms with Crippen molar-refractivity contribution >= 4 is 11.6 Å². The second-order valence-electron chi connectivity index (χ2n) is 4.96. The van der Waals surface area contributed by atoms with Crippen LogP contribution in [0.15, 0.2) is 24.3 Å². The van der Waals surface area contributed by atoms with Crippen molar-refractivity contribution in [1.82, 2.24) is 0 Å². The van der Waals surface area contributed by atoms with Crippen LogP contribution in [-0.2, 0) is 11.8 Å². The molecule has 1 atom stereocenters. The Morgan fingerprint density at radius 1 is 1.20 bits per heavy atom. The first-order valence-corrected chi connectivity index (χ1v) is 5.80. The van der Waals surface area contributed by atoms with Crippen molar-refractivity contribution in [2.45, 2.75) is 38.7 Å². The molecular weight excluding hydrogens is 208 g/mol. The molecule has 0 radical (unpaired) electrons. The van der Waals surface area contributed by atoms with Crippen molar-refractivity contribution in [3.05, 3.63) is 35.4 Å². The lowest BCUT2D eigenvalue weighted by Crippen LogP contribution is -2.13. The smallest absolute Gasteiger partial charge is 0.0715 e. The minimum Gasteiger partial charge on any atom is -0.392 e. The van der Waals surface area contributed by atoms with Crippen LogP contribution >= 0.6 is 11.6 Å². The SMILES string of the molecule is CC(C)(C)c1ccc(C[C@@H](O)CCl)cc1. The summed E-state index contributed by atoms with van der Waals surface area (Å²) in [6.07, 6.45) is 0.195.